The molecule has 1 N–H and O–H groups in total. The molecule has 1 fully saturated rings. The largest absolute Gasteiger partial charge is 0.433 e. The fourth-order valence-corrected chi connectivity index (χ4v) is 2.62. The number of halogens is 2. The summed E-state index contributed by atoms with van der Waals surface area (Å²) in [6.45, 7) is -2.90. The average Bonchev–Trinajstić information content (AvgIpc) is 2.41. The number of benzene rings is 1. The number of nitrogens with one attached hydrogen (secondary N) is 1. The van der Waals surface area contributed by atoms with Crippen molar-refractivity contribution < 1.29 is 18.3 Å². The Morgan fingerprint density at radius 1 is 1.25 bits per heavy atom. The highest BCUT2D eigenvalue weighted by molar-refractivity contribution is 5.92. The second-order valence-corrected chi connectivity index (χ2v) is 5.13. The summed E-state index contributed by atoms with van der Waals surface area (Å²) >= 11 is 0. The molecule has 0 bridgehead atoms. The molecule has 0 radical (unpaired) electrons. The summed E-state index contributed by atoms with van der Waals surface area (Å²) in [6, 6.07) is 6.25. The minimum Gasteiger partial charge on any atom is -0.433 e. The normalized spacial score (nSPS) is 16.1. The average molecular weight is 283 g/mol. The van der Waals surface area contributed by atoms with E-state index in [1.807, 2.05) is 0 Å². The number of anilines is 1. The van der Waals surface area contributed by atoms with Gasteiger partial charge in [0.1, 0.15) is 5.75 Å². The van der Waals surface area contributed by atoms with Gasteiger partial charge >= 0.3 is 6.61 Å². The van der Waals surface area contributed by atoms with Gasteiger partial charge in [-0.05, 0) is 30.9 Å². The van der Waals surface area contributed by atoms with Crippen LogP contribution in [0, 0.1) is 5.92 Å². The Morgan fingerprint density at radius 2 is 1.95 bits per heavy atom. The summed E-state index contributed by atoms with van der Waals surface area (Å²) in [5.74, 6) is 0.272. The van der Waals surface area contributed by atoms with Gasteiger partial charge in [-0.1, -0.05) is 31.4 Å². The molecule has 0 aliphatic heterocycles. The molecule has 1 aliphatic carbocycles. The number of amides is 1. The lowest BCUT2D eigenvalue weighted by molar-refractivity contribution is -0.117. The lowest BCUT2D eigenvalue weighted by atomic mass is 9.87. The Hall–Kier alpha value is -1.65. The molecule has 1 aromatic carbocycles. The zero-order valence-electron chi connectivity index (χ0n) is 11.3. The van der Waals surface area contributed by atoms with Gasteiger partial charge in [0.15, 0.2) is 0 Å². The van der Waals surface area contributed by atoms with Gasteiger partial charge in [0.25, 0.3) is 0 Å². The zero-order chi connectivity index (χ0) is 14.4. The first kappa shape index (κ1) is 14.8. The Kier molecular flexibility index (Phi) is 5.32. The molecule has 1 aliphatic rings. The topological polar surface area (TPSA) is 38.3 Å². The number of ether oxygens (including phenoxy) is 1. The van der Waals surface area contributed by atoms with Crippen molar-refractivity contribution in [2.75, 3.05) is 5.32 Å². The molecule has 0 aromatic heterocycles. The number of para-hydroxylation sites is 2. The van der Waals surface area contributed by atoms with Gasteiger partial charge in [0.2, 0.25) is 5.91 Å². The van der Waals surface area contributed by atoms with Crippen molar-refractivity contribution in [3.8, 4) is 5.75 Å². The van der Waals surface area contributed by atoms with Crippen LogP contribution in [-0.2, 0) is 4.79 Å². The maximum atomic E-state index is 12.3. The van der Waals surface area contributed by atoms with Gasteiger partial charge < -0.3 is 10.1 Å². The molecule has 5 heteroatoms. The minimum atomic E-state index is -2.90. The minimum absolute atomic E-state index is 0.000468. The number of alkyl halides is 2. The number of hydrogen-bond acceptors (Lipinski definition) is 2. The summed E-state index contributed by atoms with van der Waals surface area (Å²) in [4.78, 5) is 12.0. The SMILES string of the molecule is O=C(CC1CCCCC1)Nc1ccccc1OC(F)F. The van der Waals surface area contributed by atoms with Gasteiger partial charge in [0, 0.05) is 6.42 Å². The second-order valence-electron chi connectivity index (χ2n) is 5.13. The van der Waals surface area contributed by atoms with Gasteiger partial charge in [-0.2, -0.15) is 8.78 Å². The molecule has 0 unspecified atom stereocenters. The fraction of sp³-hybridized carbons (Fsp3) is 0.533. The molecule has 2 rings (SSSR count). The third-order valence-electron chi connectivity index (χ3n) is 3.58. The Bertz CT molecular complexity index is 445. The first-order valence-electron chi connectivity index (χ1n) is 6.99. The quantitative estimate of drug-likeness (QED) is 0.879. The molecular weight excluding hydrogens is 264 g/mol. The van der Waals surface area contributed by atoms with E-state index < -0.39 is 6.61 Å². The highest BCUT2D eigenvalue weighted by Gasteiger charge is 2.18. The van der Waals surface area contributed by atoms with Gasteiger partial charge in [-0.3, -0.25) is 4.79 Å². The van der Waals surface area contributed by atoms with E-state index in [-0.39, 0.29) is 11.7 Å². The monoisotopic (exact) mass is 283 g/mol. The van der Waals surface area contributed by atoms with Crippen molar-refractivity contribution in [2.45, 2.75) is 45.1 Å². The van der Waals surface area contributed by atoms with Crippen LogP contribution in [0.3, 0.4) is 0 Å². The van der Waals surface area contributed by atoms with E-state index in [0.29, 0.717) is 18.0 Å². The van der Waals surface area contributed by atoms with Gasteiger partial charge in [-0.25, -0.2) is 0 Å². The number of rotatable bonds is 5. The van der Waals surface area contributed by atoms with Crippen molar-refractivity contribution >= 4 is 11.6 Å². The second kappa shape index (κ2) is 7.22. The van der Waals surface area contributed by atoms with Crippen LogP contribution in [0.25, 0.3) is 0 Å². The maximum Gasteiger partial charge on any atom is 0.387 e. The molecule has 0 spiro atoms. The maximum absolute atomic E-state index is 12.3. The van der Waals surface area contributed by atoms with E-state index >= 15 is 0 Å². The van der Waals surface area contributed by atoms with Crippen LogP contribution in [0.4, 0.5) is 14.5 Å². The number of carbonyl (C=O) groups excluding carboxylic acids is 1. The summed E-state index contributed by atoms with van der Waals surface area (Å²) in [5, 5.41) is 2.67. The van der Waals surface area contributed by atoms with Crippen molar-refractivity contribution in [3.05, 3.63) is 24.3 Å². The standard InChI is InChI=1S/C15H19F2NO2/c16-15(17)20-13-9-5-4-8-12(13)18-14(19)10-11-6-2-1-3-7-11/h4-5,8-9,11,15H,1-3,6-7,10H2,(H,18,19). The molecule has 1 amide bonds. The van der Waals surface area contributed by atoms with E-state index in [2.05, 4.69) is 10.1 Å². The predicted molar refractivity (Wildman–Crippen MR) is 72.9 cm³/mol. The predicted octanol–water partition coefficient (Wildman–Crippen LogP) is 4.20. The van der Waals surface area contributed by atoms with E-state index in [9.17, 15) is 13.6 Å². The van der Waals surface area contributed by atoms with E-state index in [0.717, 1.165) is 12.8 Å². The molecule has 3 nitrogen and oxygen atoms in total. The van der Waals surface area contributed by atoms with Crippen molar-refractivity contribution in [1.82, 2.24) is 0 Å². The lowest BCUT2D eigenvalue weighted by Gasteiger charge is -2.21. The van der Waals surface area contributed by atoms with Gasteiger partial charge in [-0.15, -0.1) is 0 Å². The Labute approximate surface area is 117 Å². The molecule has 1 aromatic rings. The highest BCUT2D eigenvalue weighted by Crippen LogP contribution is 2.29. The fourth-order valence-electron chi connectivity index (χ4n) is 2.62. The van der Waals surface area contributed by atoms with Crippen molar-refractivity contribution in [2.24, 2.45) is 5.92 Å². The van der Waals surface area contributed by atoms with E-state index in [1.54, 1.807) is 18.2 Å². The van der Waals surface area contributed by atoms with Crippen LogP contribution in [0.1, 0.15) is 38.5 Å². The van der Waals surface area contributed by atoms with Crippen LogP contribution >= 0.6 is 0 Å². The molecule has 0 heterocycles. The molecule has 110 valence electrons. The molecule has 0 saturated heterocycles. The number of hydrogen-bond donors (Lipinski definition) is 1. The van der Waals surface area contributed by atoms with Gasteiger partial charge in [0.05, 0.1) is 5.69 Å². The van der Waals surface area contributed by atoms with Crippen molar-refractivity contribution in [3.63, 3.8) is 0 Å². The Balaban J connectivity index is 1.93. The summed E-state index contributed by atoms with van der Waals surface area (Å²) in [5.41, 5.74) is 0.300. The first-order chi connectivity index (χ1) is 9.65. The molecule has 1 saturated carbocycles. The molecular formula is C15H19F2NO2. The van der Waals surface area contributed by atoms with Crippen LogP contribution in [0.5, 0.6) is 5.75 Å². The van der Waals surface area contributed by atoms with Crippen LogP contribution in [0.15, 0.2) is 24.3 Å². The molecule has 20 heavy (non-hydrogen) atoms. The van der Waals surface area contributed by atoms with Crippen LogP contribution < -0.4 is 10.1 Å². The highest BCUT2D eigenvalue weighted by atomic mass is 19.3. The van der Waals surface area contributed by atoms with Crippen LogP contribution in [-0.4, -0.2) is 12.5 Å². The number of carbonyl (C=O) groups is 1. The van der Waals surface area contributed by atoms with Crippen LogP contribution in [0.2, 0.25) is 0 Å². The van der Waals surface area contributed by atoms with Crippen molar-refractivity contribution in [1.29, 1.82) is 0 Å². The summed E-state index contributed by atoms with van der Waals surface area (Å²) in [7, 11) is 0. The summed E-state index contributed by atoms with van der Waals surface area (Å²) in [6.07, 6.45) is 6.17. The molecule has 0 atom stereocenters. The summed E-state index contributed by atoms with van der Waals surface area (Å²) < 4.78 is 28.9. The van der Waals surface area contributed by atoms with E-state index in [1.165, 1.54) is 25.3 Å². The smallest absolute Gasteiger partial charge is 0.387 e. The zero-order valence-corrected chi connectivity index (χ0v) is 11.3. The first-order valence-corrected chi connectivity index (χ1v) is 6.99. The van der Waals surface area contributed by atoms with E-state index in [4.69, 9.17) is 0 Å². The Morgan fingerprint density at radius 3 is 2.65 bits per heavy atom. The third kappa shape index (κ3) is 4.47. The lowest BCUT2D eigenvalue weighted by Crippen LogP contribution is -2.19. The third-order valence-corrected chi connectivity index (χ3v) is 3.58.